The van der Waals surface area contributed by atoms with Crippen molar-refractivity contribution in [3.8, 4) is 17.5 Å². The van der Waals surface area contributed by atoms with Crippen LogP contribution < -0.4 is 10.2 Å². The first-order valence-corrected chi connectivity index (χ1v) is 14.2. The molecule has 0 spiro atoms. The average molecular weight is 549 g/mol. The second kappa shape index (κ2) is 11.9. The van der Waals surface area contributed by atoms with Crippen LogP contribution in [0.2, 0.25) is 0 Å². The quantitative estimate of drug-likeness (QED) is 0.272. The van der Waals surface area contributed by atoms with Crippen LogP contribution in [0.1, 0.15) is 80.4 Å². The van der Waals surface area contributed by atoms with Crippen molar-refractivity contribution < 1.29 is 9.21 Å². The van der Waals surface area contributed by atoms with Crippen LogP contribution in [0.25, 0.3) is 28.1 Å². The van der Waals surface area contributed by atoms with Crippen LogP contribution in [0, 0.1) is 17.2 Å². The lowest BCUT2D eigenvalue weighted by molar-refractivity contribution is 0.0945. The third-order valence-electron chi connectivity index (χ3n) is 7.93. The fourth-order valence-electron chi connectivity index (χ4n) is 5.08. The van der Waals surface area contributed by atoms with Gasteiger partial charge in [-0.3, -0.25) is 4.79 Å². The summed E-state index contributed by atoms with van der Waals surface area (Å²) >= 11 is 0. The number of piperidine rings is 1. The minimum absolute atomic E-state index is 0.0918. The predicted octanol–water partition coefficient (Wildman–Crippen LogP) is 6.74. The van der Waals surface area contributed by atoms with Crippen molar-refractivity contribution in [3.05, 3.63) is 76.6 Å². The fourth-order valence-corrected chi connectivity index (χ4v) is 5.08. The molecule has 210 valence electrons. The zero-order valence-electron chi connectivity index (χ0n) is 24.4. The number of carbonyl (C=O) groups is 1. The highest BCUT2D eigenvalue weighted by Crippen LogP contribution is 2.31. The van der Waals surface area contributed by atoms with Gasteiger partial charge in [0.2, 0.25) is 11.8 Å². The predicted molar refractivity (Wildman–Crippen MR) is 161 cm³/mol. The topological polar surface area (TPSA) is 108 Å². The Kier molecular flexibility index (Phi) is 8.16. The largest absolute Gasteiger partial charge is 0.436 e. The van der Waals surface area contributed by atoms with Crippen LogP contribution in [0.5, 0.6) is 0 Å². The van der Waals surface area contributed by atoms with Crippen LogP contribution in [-0.4, -0.2) is 40.5 Å². The van der Waals surface area contributed by atoms with Crippen LogP contribution in [-0.2, 0) is 0 Å². The molecule has 0 bridgehead atoms. The number of nitriles is 1. The number of hydrogen-bond acceptors (Lipinski definition) is 7. The summed E-state index contributed by atoms with van der Waals surface area (Å²) in [5.74, 6) is 1.76. The van der Waals surface area contributed by atoms with Crippen molar-refractivity contribution in [1.29, 1.82) is 5.26 Å². The number of oxazole rings is 1. The van der Waals surface area contributed by atoms with Gasteiger partial charge in [-0.15, -0.1) is 0 Å². The highest BCUT2D eigenvalue weighted by Gasteiger charge is 2.22. The van der Waals surface area contributed by atoms with Crippen LogP contribution >= 0.6 is 0 Å². The van der Waals surface area contributed by atoms with Crippen LogP contribution in [0.15, 0.2) is 58.8 Å². The van der Waals surface area contributed by atoms with E-state index in [9.17, 15) is 10.1 Å². The summed E-state index contributed by atoms with van der Waals surface area (Å²) in [6, 6.07) is 13.1. The molecule has 1 fully saturated rings. The van der Waals surface area contributed by atoms with Gasteiger partial charge in [-0.05, 0) is 87.4 Å². The molecule has 2 aromatic carbocycles. The van der Waals surface area contributed by atoms with Gasteiger partial charge in [0.1, 0.15) is 5.52 Å². The van der Waals surface area contributed by atoms with Gasteiger partial charge in [-0.2, -0.15) is 5.26 Å². The molecule has 0 saturated carbocycles. The van der Waals surface area contributed by atoms with E-state index in [0.717, 1.165) is 48.6 Å². The molecule has 4 aromatic rings. The Balaban J connectivity index is 1.16. The van der Waals surface area contributed by atoms with Crippen molar-refractivity contribution in [3.63, 3.8) is 0 Å². The molecule has 1 saturated heterocycles. The fraction of sp³-hybridized carbons (Fsp3) is 0.364. The normalized spacial score (nSPS) is 13.8. The Hall–Kier alpha value is -4.51. The Morgan fingerprint density at radius 1 is 1.07 bits per heavy atom. The highest BCUT2D eigenvalue weighted by molar-refractivity contribution is 5.94. The number of carbonyl (C=O) groups excluding carboxylic acids is 1. The molecule has 1 N–H and O–H groups in total. The molecule has 41 heavy (non-hydrogen) atoms. The second-order valence-electron chi connectivity index (χ2n) is 11.3. The standard InChI is InChI=1S/C33H36N6O2/c1-20(2)22(5)27-18-36-33(37-19-27)39-12-10-23(11-13-39)17-35-31(40)25-6-8-26(9-7-25)32-38-29-15-24(16-34)14-28(21(3)4)30(29)41-32/h6-9,14-15,18-19,21,23H,10-13,17H2,1-5H3,(H,35,40). The number of amides is 1. The van der Waals surface area contributed by atoms with E-state index >= 15 is 0 Å². The zero-order chi connectivity index (χ0) is 29.1. The molecule has 8 heteroatoms. The van der Waals surface area contributed by atoms with E-state index in [4.69, 9.17) is 4.42 Å². The van der Waals surface area contributed by atoms with Gasteiger partial charge >= 0.3 is 0 Å². The molecule has 0 radical (unpaired) electrons. The molecule has 0 atom stereocenters. The number of fused-ring (bicyclic) bond motifs is 1. The van der Waals surface area contributed by atoms with Gasteiger partial charge < -0.3 is 14.6 Å². The molecule has 2 aromatic heterocycles. The SMILES string of the molecule is CC(C)=C(C)c1cnc(N2CCC(CNC(=O)c3ccc(-c4nc5cc(C#N)cc(C(C)C)c5o4)cc3)CC2)nc1. The number of allylic oxidation sites excluding steroid dienone is 2. The maximum absolute atomic E-state index is 12.9. The molecule has 1 amide bonds. The zero-order valence-corrected chi connectivity index (χ0v) is 24.4. The first-order valence-electron chi connectivity index (χ1n) is 14.2. The lowest BCUT2D eigenvalue weighted by Gasteiger charge is -2.32. The van der Waals surface area contributed by atoms with Gasteiger partial charge in [-0.25, -0.2) is 15.0 Å². The molecular formula is C33H36N6O2. The van der Waals surface area contributed by atoms with Gasteiger partial charge in [0, 0.05) is 54.3 Å². The smallest absolute Gasteiger partial charge is 0.251 e. The van der Waals surface area contributed by atoms with E-state index in [1.165, 1.54) is 11.1 Å². The summed E-state index contributed by atoms with van der Waals surface area (Å²) in [6.45, 7) is 12.8. The van der Waals surface area contributed by atoms with Crippen molar-refractivity contribution in [2.45, 2.75) is 53.4 Å². The summed E-state index contributed by atoms with van der Waals surface area (Å²) in [4.78, 5) is 28.9. The Bertz CT molecular complexity index is 1620. The Labute approximate surface area is 241 Å². The minimum atomic E-state index is -0.0918. The van der Waals surface area contributed by atoms with Crippen molar-refractivity contribution in [2.75, 3.05) is 24.5 Å². The molecule has 1 aliphatic heterocycles. The molecule has 1 aliphatic rings. The van der Waals surface area contributed by atoms with E-state index in [0.29, 0.717) is 40.6 Å². The highest BCUT2D eigenvalue weighted by atomic mass is 16.3. The summed E-state index contributed by atoms with van der Waals surface area (Å²) in [7, 11) is 0. The molecule has 3 heterocycles. The van der Waals surface area contributed by atoms with Crippen molar-refractivity contribution in [2.24, 2.45) is 5.92 Å². The first-order chi connectivity index (χ1) is 19.7. The number of anilines is 1. The van der Waals surface area contributed by atoms with E-state index in [2.05, 4.69) is 65.9 Å². The third-order valence-corrected chi connectivity index (χ3v) is 7.93. The summed E-state index contributed by atoms with van der Waals surface area (Å²) in [5, 5.41) is 12.5. The summed E-state index contributed by atoms with van der Waals surface area (Å²) < 4.78 is 6.10. The molecule has 0 aliphatic carbocycles. The van der Waals surface area contributed by atoms with E-state index in [1.54, 1.807) is 18.2 Å². The van der Waals surface area contributed by atoms with Gasteiger partial charge in [-0.1, -0.05) is 19.4 Å². The monoisotopic (exact) mass is 548 g/mol. The maximum Gasteiger partial charge on any atom is 0.251 e. The minimum Gasteiger partial charge on any atom is -0.436 e. The number of rotatable bonds is 7. The number of hydrogen-bond donors (Lipinski definition) is 1. The van der Waals surface area contributed by atoms with E-state index in [1.807, 2.05) is 30.6 Å². The van der Waals surface area contributed by atoms with Gasteiger partial charge in [0.15, 0.2) is 5.58 Å². The number of nitrogens with zero attached hydrogens (tertiary/aromatic N) is 5. The Morgan fingerprint density at radius 2 is 1.76 bits per heavy atom. The average Bonchev–Trinajstić information content (AvgIpc) is 3.43. The number of nitrogens with one attached hydrogen (secondary N) is 1. The molecule has 5 rings (SSSR count). The maximum atomic E-state index is 12.9. The van der Waals surface area contributed by atoms with E-state index < -0.39 is 0 Å². The first kappa shape index (κ1) is 28.0. The molecule has 0 unspecified atom stereocenters. The summed E-state index contributed by atoms with van der Waals surface area (Å²) in [5.41, 5.74) is 7.80. The lowest BCUT2D eigenvalue weighted by Crippen LogP contribution is -2.39. The molecular weight excluding hydrogens is 512 g/mol. The third kappa shape index (κ3) is 6.14. The van der Waals surface area contributed by atoms with Crippen LogP contribution in [0.3, 0.4) is 0 Å². The lowest BCUT2D eigenvalue weighted by atomic mass is 9.97. The Morgan fingerprint density at radius 3 is 2.37 bits per heavy atom. The summed E-state index contributed by atoms with van der Waals surface area (Å²) in [6.07, 6.45) is 5.75. The van der Waals surface area contributed by atoms with Crippen LogP contribution in [0.4, 0.5) is 5.95 Å². The van der Waals surface area contributed by atoms with Crippen molar-refractivity contribution in [1.82, 2.24) is 20.3 Å². The van der Waals surface area contributed by atoms with Crippen molar-refractivity contribution >= 4 is 28.5 Å². The second-order valence-corrected chi connectivity index (χ2v) is 11.3. The number of benzene rings is 2. The van der Waals surface area contributed by atoms with Gasteiger partial charge in [0.05, 0.1) is 11.6 Å². The van der Waals surface area contributed by atoms with Gasteiger partial charge in [0.25, 0.3) is 5.91 Å². The number of aromatic nitrogens is 3. The van der Waals surface area contributed by atoms with E-state index in [-0.39, 0.29) is 11.8 Å². The molecule has 8 nitrogen and oxygen atoms in total.